The molecule has 0 fully saturated rings. The molecule has 0 bridgehead atoms. The summed E-state index contributed by atoms with van der Waals surface area (Å²) in [6, 6.07) is 27.9. The molecule has 1 aliphatic heterocycles. The standard InChI is InChI=1S/C27H29ClN2O3/c28-24-13-11-23(12-14-24)27-15-26(33-29-27)18-30(16-21-7-3-1-4-8-21)17-25(31)20-32-19-22-9-5-2-6-10-22/h1-14,25-26,31H,15-20H2/t25-,26+/m0/s1. The van der Waals surface area contributed by atoms with E-state index in [1.807, 2.05) is 72.8 Å². The molecule has 0 spiro atoms. The zero-order valence-corrected chi connectivity index (χ0v) is 19.3. The molecule has 0 saturated heterocycles. The van der Waals surface area contributed by atoms with E-state index < -0.39 is 6.10 Å². The van der Waals surface area contributed by atoms with Crippen LogP contribution in [0.15, 0.2) is 90.1 Å². The average Bonchev–Trinajstić information content (AvgIpc) is 3.29. The number of nitrogens with zero attached hydrogens (tertiary/aromatic N) is 2. The smallest absolute Gasteiger partial charge is 0.145 e. The predicted octanol–water partition coefficient (Wildman–Crippen LogP) is 4.91. The van der Waals surface area contributed by atoms with E-state index in [1.165, 1.54) is 5.56 Å². The first kappa shape index (κ1) is 23.5. The van der Waals surface area contributed by atoms with Gasteiger partial charge in [-0.1, -0.05) is 89.6 Å². The molecular weight excluding hydrogens is 436 g/mol. The second kappa shape index (κ2) is 12.0. The van der Waals surface area contributed by atoms with Crippen LogP contribution in [0.1, 0.15) is 23.1 Å². The maximum absolute atomic E-state index is 10.7. The van der Waals surface area contributed by atoms with Gasteiger partial charge in [0.2, 0.25) is 0 Å². The number of rotatable bonds is 11. The molecule has 0 radical (unpaired) electrons. The van der Waals surface area contributed by atoms with Gasteiger partial charge in [-0.2, -0.15) is 0 Å². The quantitative estimate of drug-likeness (QED) is 0.438. The molecule has 33 heavy (non-hydrogen) atoms. The van der Waals surface area contributed by atoms with Crippen molar-refractivity contribution in [3.63, 3.8) is 0 Å². The maximum atomic E-state index is 10.7. The number of hydrogen-bond donors (Lipinski definition) is 1. The molecular formula is C27H29ClN2O3. The third kappa shape index (κ3) is 7.41. The topological polar surface area (TPSA) is 54.3 Å². The van der Waals surface area contributed by atoms with E-state index in [4.69, 9.17) is 21.2 Å². The molecule has 0 amide bonds. The van der Waals surface area contributed by atoms with Crippen molar-refractivity contribution in [1.29, 1.82) is 0 Å². The Morgan fingerprint density at radius 2 is 1.64 bits per heavy atom. The lowest BCUT2D eigenvalue weighted by atomic mass is 10.0. The lowest BCUT2D eigenvalue weighted by Gasteiger charge is -2.27. The minimum atomic E-state index is -0.601. The zero-order valence-electron chi connectivity index (χ0n) is 18.5. The Balaban J connectivity index is 1.32. The minimum absolute atomic E-state index is 0.0724. The highest BCUT2D eigenvalue weighted by Gasteiger charge is 2.25. The van der Waals surface area contributed by atoms with Crippen LogP contribution < -0.4 is 0 Å². The number of halogens is 1. The van der Waals surface area contributed by atoms with Gasteiger partial charge in [-0.05, 0) is 28.8 Å². The van der Waals surface area contributed by atoms with E-state index in [0.717, 1.165) is 16.8 Å². The summed E-state index contributed by atoms with van der Waals surface area (Å²) in [7, 11) is 0. The number of hydrogen-bond acceptors (Lipinski definition) is 5. The first-order valence-electron chi connectivity index (χ1n) is 11.2. The van der Waals surface area contributed by atoms with Gasteiger partial charge in [0.1, 0.15) is 6.10 Å². The van der Waals surface area contributed by atoms with E-state index in [0.29, 0.717) is 37.7 Å². The molecule has 6 heteroatoms. The first-order chi connectivity index (χ1) is 16.2. The predicted molar refractivity (Wildman–Crippen MR) is 131 cm³/mol. The fraction of sp³-hybridized carbons (Fsp3) is 0.296. The molecule has 3 aromatic carbocycles. The van der Waals surface area contributed by atoms with Crippen LogP contribution in [0.4, 0.5) is 0 Å². The summed E-state index contributed by atoms with van der Waals surface area (Å²) in [6.07, 6.45) is 0.0420. The Hall–Kier alpha value is -2.70. The molecule has 0 saturated carbocycles. The minimum Gasteiger partial charge on any atom is -0.390 e. The van der Waals surface area contributed by atoms with Crippen molar-refractivity contribution in [2.45, 2.75) is 31.8 Å². The molecule has 3 aromatic rings. The van der Waals surface area contributed by atoms with Gasteiger partial charge >= 0.3 is 0 Å². The Labute approximate surface area is 200 Å². The molecule has 0 aliphatic carbocycles. The summed E-state index contributed by atoms with van der Waals surface area (Å²) in [5.74, 6) is 0. The lowest BCUT2D eigenvalue weighted by molar-refractivity contribution is -0.00648. The highest BCUT2D eigenvalue weighted by Crippen LogP contribution is 2.20. The molecule has 0 aromatic heterocycles. The van der Waals surface area contributed by atoms with Gasteiger partial charge in [0.15, 0.2) is 0 Å². The molecule has 5 nitrogen and oxygen atoms in total. The molecule has 1 N–H and O–H groups in total. The van der Waals surface area contributed by atoms with Gasteiger partial charge in [0.05, 0.1) is 25.0 Å². The van der Waals surface area contributed by atoms with Crippen molar-refractivity contribution in [3.8, 4) is 0 Å². The zero-order chi connectivity index (χ0) is 22.9. The van der Waals surface area contributed by atoms with Crippen LogP contribution in [0.2, 0.25) is 5.02 Å². The van der Waals surface area contributed by atoms with Gasteiger partial charge in [-0.3, -0.25) is 4.90 Å². The van der Waals surface area contributed by atoms with E-state index in [2.05, 4.69) is 22.2 Å². The Bertz CT molecular complexity index is 1010. The highest BCUT2D eigenvalue weighted by molar-refractivity contribution is 6.30. The highest BCUT2D eigenvalue weighted by atomic mass is 35.5. The Morgan fingerprint density at radius 3 is 2.33 bits per heavy atom. The van der Waals surface area contributed by atoms with Crippen LogP contribution in [-0.2, 0) is 22.7 Å². The molecule has 0 unspecified atom stereocenters. The van der Waals surface area contributed by atoms with E-state index >= 15 is 0 Å². The van der Waals surface area contributed by atoms with Crippen molar-refractivity contribution in [2.24, 2.45) is 5.16 Å². The van der Waals surface area contributed by atoms with E-state index in [1.54, 1.807) is 0 Å². The van der Waals surface area contributed by atoms with Gasteiger partial charge in [-0.15, -0.1) is 0 Å². The number of benzene rings is 3. The molecule has 172 valence electrons. The number of oxime groups is 1. The van der Waals surface area contributed by atoms with Crippen LogP contribution in [-0.4, -0.2) is 47.6 Å². The van der Waals surface area contributed by atoms with Gasteiger partial charge < -0.3 is 14.7 Å². The second-order valence-corrected chi connectivity index (χ2v) is 8.75. The van der Waals surface area contributed by atoms with E-state index in [-0.39, 0.29) is 12.7 Å². The van der Waals surface area contributed by atoms with Crippen LogP contribution in [0.3, 0.4) is 0 Å². The summed E-state index contributed by atoms with van der Waals surface area (Å²) in [5, 5.41) is 15.7. The Kier molecular flexibility index (Phi) is 8.50. The van der Waals surface area contributed by atoms with Crippen LogP contribution in [0.25, 0.3) is 0 Å². The summed E-state index contributed by atoms with van der Waals surface area (Å²) in [6.45, 7) is 2.62. The van der Waals surface area contributed by atoms with E-state index in [9.17, 15) is 5.11 Å². The van der Waals surface area contributed by atoms with Crippen molar-refractivity contribution >= 4 is 17.3 Å². The van der Waals surface area contributed by atoms with Gasteiger partial charge in [0, 0.05) is 31.1 Å². The third-order valence-electron chi connectivity index (χ3n) is 5.51. The summed E-state index contributed by atoms with van der Waals surface area (Å²) >= 11 is 6.00. The van der Waals surface area contributed by atoms with Crippen molar-refractivity contribution < 1.29 is 14.7 Å². The second-order valence-electron chi connectivity index (χ2n) is 8.31. The fourth-order valence-corrected chi connectivity index (χ4v) is 4.04. The summed E-state index contributed by atoms with van der Waals surface area (Å²) in [4.78, 5) is 7.94. The summed E-state index contributed by atoms with van der Waals surface area (Å²) in [5.41, 5.74) is 4.22. The SMILES string of the molecule is O[C@H](COCc1ccccc1)CN(Cc1ccccc1)C[C@H]1CC(c2ccc(Cl)cc2)=NO1. The van der Waals surface area contributed by atoms with Gasteiger partial charge in [-0.25, -0.2) is 0 Å². The largest absolute Gasteiger partial charge is 0.390 e. The number of aliphatic hydroxyl groups is 1. The average molecular weight is 465 g/mol. The molecule has 1 aliphatic rings. The normalized spacial score (nSPS) is 16.5. The maximum Gasteiger partial charge on any atom is 0.145 e. The van der Waals surface area contributed by atoms with Crippen LogP contribution in [0, 0.1) is 0 Å². The first-order valence-corrected chi connectivity index (χ1v) is 11.6. The van der Waals surface area contributed by atoms with Crippen molar-refractivity contribution in [1.82, 2.24) is 4.90 Å². The van der Waals surface area contributed by atoms with Crippen LogP contribution >= 0.6 is 11.6 Å². The van der Waals surface area contributed by atoms with Crippen molar-refractivity contribution in [2.75, 3.05) is 19.7 Å². The van der Waals surface area contributed by atoms with Gasteiger partial charge in [0.25, 0.3) is 0 Å². The molecule has 4 rings (SSSR count). The number of ether oxygens (including phenoxy) is 1. The lowest BCUT2D eigenvalue weighted by Crippen LogP contribution is -2.39. The molecule has 1 heterocycles. The van der Waals surface area contributed by atoms with Crippen molar-refractivity contribution in [3.05, 3.63) is 107 Å². The summed E-state index contributed by atoms with van der Waals surface area (Å²) < 4.78 is 5.75. The monoisotopic (exact) mass is 464 g/mol. The Morgan fingerprint density at radius 1 is 0.970 bits per heavy atom. The van der Waals surface area contributed by atoms with Crippen LogP contribution in [0.5, 0.6) is 0 Å². The number of aliphatic hydroxyl groups excluding tert-OH is 1. The third-order valence-corrected chi connectivity index (χ3v) is 5.76. The fourth-order valence-electron chi connectivity index (χ4n) is 3.91. The molecule has 2 atom stereocenters.